The first kappa shape index (κ1) is 30.8. The lowest BCUT2D eigenvalue weighted by molar-refractivity contribution is -0.140. The van der Waals surface area contributed by atoms with Crippen LogP contribution in [0.4, 0.5) is 5.69 Å². The molecular formula is C32H38BrN3O4S. The molecule has 1 aliphatic carbocycles. The van der Waals surface area contributed by atoms with Gasteiger partial charge in [-0.2, -0.15) is 0 Å². The van der Waals surface area contributed by atoms with Crippen LogP contribution in [0, 0.1) is 13.8 Å². The van der Waals surface area contributed by atoms with Crippen LogP contribution < -0.4 is 9.62 Å². The number of hydrogen-bond acceptors (Lipinski definition) is 4. The van der Waals surface area contributed by atoms with E-state index in [-0.39, 0.29) is 23.4 Å². The Kier molecular flexibility index (Phi) is 10.3. The van der Waals surface area contributed by atoms with Crippen LogP contribution in [0.2, 0.25) is 0 Å². The summed E-state index contributed by atoms with van der Waals surface area (Å²) in [6.45, 7) is 5.49. The molecule has 1 saturated carbocycles. The summed E-state index contributed by atoms with van der Waals surface area (Å²) in [7, 11) is -4.10. The fourth-order valence-electron chi connectivity index (χ4n) is 5.17. The fraction of sp³-hybridized carbons (Fsp3) is 0.375. The first-order valence-corrected chi connectivity index (χ1v) is 16.3. The van der Waals surface area contributed by atoms with Crippen LogP contribution in [0.15, 0.2) is 82.2 Å². The van der Waals surface area contributed by atoms with E-state index in [1.54, 1.807) is 48.5 Å². The van der Waals surface area contributed by atoms with Crippen molar-refractivity contribution in [2.75, 3.05) is 10.8 Å². The summed E-state index contributed by atoms with van der Waals surface area (Å²) >= 11 is 3.43. The average molecular weight is 641 g/mol. The van der Waals surface area contributed by atoms with Crippen molar-refractivity contribution in [2.45, 2.75) is 76.4 Å². The molecule has 1 N–H and O–H groups in total. The highest BCUT2D eigenvalue weighted by Crippen LogP contribution is 2.27. The molecule has 2 amide bonds. The Bertz CT molecular complexity index is 1450. The molecule has 1 fully saturated rings. The molecule has 0 aromatic heterocycles. The van der Waals surface area contributed by atoms with Crippen LogP contribution in [0.3, 0.4) is 0 Å². The SMILES string of the molecule is CC[C@H](C(=O)NC1CCCC1)N(Cc1ccc(C)cc1)C(=O)CN(c1cccc(Br)c1)S(=O)(=O)c1ccc(C)cc1. The minimum absolute atomic E-state index is 0.0898. The molecule has 0 aliphatic heterocycles. The second-order valence-electron chi connectivity index (χ2n) is 10.7. The zero-order valence-corrected chi connectivity index (χ0v) is 26.2. The standard InChI is InChI=1S/C32H38BrN3O4S/c1-4-30(32(38)34-27-9-5-6-10-27)35(21-25-16-12-23(2)13-17-25)31(37)22-36(28-11-7-8-26(33)20-28)41(39,40)29-18-14-24(3)15-19-29/h7-8,11-20,27,30H,4-6,9-10,21-22H2,1-3H3,(H,34,38)/t30-/m1/s1. The van der Waals surface area contributed by atoms with Gasteiger partial charge in [-0.15, -0.1) is 0 Å². The van der Waals surface area contributed by atoms with E-state index in [4.69, 9.17) is 0 Å². The molecule has 0 bridgehead atoms. The van der Waals surface area contributed by atoms with Gasteiger partial charge in [0, 0.05) is 17.1 Å². The summed E-state index contributed by atoms with van der Waals surface area (Å²) in [6, 6.07) is 20.6. The normalized spacial score (nSPS) is 14.4. The maximum absolute atomic E-state index is 14.2. The monoisotopic (exact) mass is 639 g/mol. The number of nitrogens with one attached hydrogen (secondary N) is 1. The third-order valence-electron chi connectivity index (χ3n) is 7.55. The third kappa shape index (κ3) is 7.77. The van der Waals surface area contributed by atoms with Crippen LogP contribution in [0.1, 0.15) is 55.7 Å². The second kappa shape index (κ2) is 13.7. The van der Waals surface area contributed by atoms with Gasteiger partial charge >= 0.3 is 0 Å². The largest absolute Gasteiger partial charge is 0.352 e. The van der Waals surface area contributed by atoms with Gasteiger partial charge in [0.25, 0.3) is 10.0 Å². The molecule has 0 heterocycles. The van der Waals surface area contributed by atoms with Crippen molar-refractivity contribution < 1.29 is 18.0 Å². The predicted molar refractivity (Wildman–Crippen MR) is 166 cm³/mol. The molecule has 3 aromatic rings. The maximum atomic E-state index is 14.2. The minimum Gasteiger partial charge on any atom is -0.352 e. The summed E-state index contributed by atoms with van der Waals surface area (Å²) in [5, 5.41) is 3.14. The number of halogens is 1. The van der Waals surface area contributed by atoms with Gasteiger partial charge in [-0.05, 0) is 69.0 Å². The zero-order valence-electron chi connectivity index (χ0n) is 23.8. The molecule has 1 aliphatic rings. The van der Waals surface area contributed by atoms with Crippen molar-refractivity contribution >= 4 is 43.5 Å². The highest BCUT2D eigenvalue weighted by molar-refractivity contribution is 9.10. The lowest BCUT2D eigenvalue weighted by Gasteiger charge is -2.34. The first-order valence-electron chi connectivity index (χ1n) is 14.1. The van der Waals surface area contributed by atoms with E-state index in [1.807, 2.05) is 45.0 Å². The Balaban J connectivity index is 1.71. The van der Waals surface area contributed by atoms with E-state index < -0.39 is 28.5 Å². The Morgan fingerprint density at radius 3 is 2.15 bits per heavy atom. The van der Waals surface area contributed by atoms with Crippen molar-refractivity contribution in [2.24, 2.45) is 0 Å². The summed E-state index contributed by atoms with van der Waals surface area (Å²) in [5.41, 5.74) is 3.23. The van der Waals surface area contributed by atoms with Gasteiger partial charge in [0.05, 0.1) is 10.6 Å². The number of nitrogens with zero attached hydrogens (tertiary/aromatic N) is 2. The van der Waals surface area contributed by atoms with E-state index in [1.165, 1.54) is 4.90 Å². The number of rotatable bonds is 11. The van der Waals surface area contributed by atoms with Crippen molar-refractivity contribution in [3.63, 3.8) is 0 Å². The molecule has 4 rings (SSSR count). The molecule has 7 nitrogen and oxygen atoms in total. The molecule has 0 unspecified atom stereocenters. The number of anilines is 1. The second-order valence-corrected chi connectivity index (χ2v) is 13.5. The quantitative estimate of drug-likeness (QED) is 0.274. The summed E-state index contributed by atoms with van der Waals surface area (Å²) in [4.78, 5) is 29.3. The van der Waals surface area contributed by atoms with Gasteiger partial charge in [0.15, 0.2) is 0 Å². The number of sulfonamides is 1. The van der Waals surface area contributed by atoms with Gasteiger partial charge in [-0.3, -0.25) is 13.9 Å². The van der Waals surface area contributed by atoms with Gasteiger partial charge in [-0.25, -0.2) is 8.42 Å². The van der Waals surface area contributed by atoms with Crippen LogP contribution in [-0.4, -0.2) is 43.8 Å². The lowest BCUT2D eigenvalue weighted by Crippen LogP contribution is -2.53. The van der Waals surface area contributed by atoms with E-state index in [9.17, 15) is 18.0 Å². The Labute approximate surface area is 252 Å². The molecule has 0 radical (unpaired) electrons. The smallest absolute Gasteiger partial charge is 0.264 e. The fourth-order valence-corrected chi connectivity index (χ4v) is 6.97. The number of benzene rings is 3. The van der Waals surface area contributed by atoms with Crippen molar-refractivity contribution in [3.05, 3.63) is 94.0 Å². The van der Waals surface area contributed by atoms with Gasteiger partial charge in [0.2, 0.25) is 11.8 Å². The molecule has 0 spiro atoms. The molecule has 3 aromatic carbocycles. The maximum Gasteiger partial charge on any atom is 0.264 e. The average Bonchev–Trinajstić information content (AvgIpc) is 3.45. The Morgan fingerprint density at radius 1 is 0.951 bits per heavy atom. The number of aryl methyl sites for hydroxylation is 2. The van der Waals surface area contributed by atoms with E-state index in [2.05, 4.69) is 21.2 Å². The Hall–Kier alpha value is -3.17. The number of carbonyl (C=O) groups is 2. The minimum atomic E-state index is -4.10. The molecule has 218 valence electrons. The molecule has 0 saturated heterocycles. The topological polar surface area (TPSA) is 86.8 Å². The summed E-state index contributed by atoms with van der Waals surface area (Å²) in [6.07, 6.45) is 4.41. The van der Waals surface area contributed by atoms with Crippen molar-refractivity contribution in [3.8, 4) is 0 Å². The highest BCUT2D eigenvalue weighted by Gasteiger charge is 2.34. The van der Waals surface area contributed by atoms with Gasteiger partial charge < -0.3 is 10.2 Å². The Morgan fingerprint density at radius 2 is 1.56 bits per heavy atom. The molecule has 1 atom stereocenters. The first-order chi connectivity index (χ1) is 19.6. The van der Waals surface area contributed by atoms with Crippen molar-refractivity contribution in [1.82, 2.24) is 10.2 Å². The predicted octanol–water partition coefficient (Wildman–Crippen LogP) is 6.13. The number of amides is 2. The van der Waals surface area contributed by atoms with Crippen LogP contribution in [-0.2, 0) is 26.2 Å². The van der Waals surface area contributed by atoms with Gasteiger partial charge in [-0.1, -0.05) is 89.3 Å². The van der Waals surface area contributed by atoms with E-state index in [0.717, 1.165) is 46.7 Å². The number of carbonyl (C=O) groups excluding carboxylic acids is 2. The van der Waals surface area contributed by atoms with Crippen molar-refractivity contribution in [1.29, 1.82) is 0 Å². The summed E-state index contributed by atoms with van der Waals surface area (Å²) < 4.78 is 29.8. The van der Waals surface area contributed by atoms with Crippen LogP contribution in [0.5, 0.6) is 0 Å². The number of hydrogen-bond donors (Lipinski definition) is 1. The van der Waals surface area contributed by atoms with E-state index >= 15 is 0 Å². The lowest BCUT2D eigenvalue weighted by atomic mass is 10.1. The third-order valence-corrected chi connectivity index (χ3v) is 9.83. The molecule has 41 heavy (non-hydrogen) atoms. The van der Waals surface area contributed by atoms with E-state index in [0.29, 0.717) is 16.6 Å². The zero-order chi connectivity index (χ0) is 29.6. The van der Waals surface area contributed by atoms with Crippen LogP contribution in [0.25, 0.3) is 0 Å². The van der Waals surface area contributed by atoms with Gasteiger partial charge in [0.1, 0.15) is 12.6 Å². The molecular weight excluding hydrogens is 602 g/mol. The highest BCUT2D eigenvalue weighted by atomic mass is 79.9. The van der Waals surface area contributed by atoms with Crippen LogP contribution >= 0.6 is 15.9 Å². The summed E-state index contributed by atoms with van der Waals surface area (Å²) in [5.74, 6) is -0.648. The molecule has 9 heteroatoms.